The predicted molar refractivity (Wildman–Crippen MR) is 78.7 cm³/mol. The third-order valence-electron chi connectivity index (χ3n) is 3.99. The highest BCUT2D eigenvalue weighted by Crippen LogP contribution is 2.24. The highest BCUT2D eigenvalue weighted by Gasteiger charge is 2.20. The molecule has 0 saturated heterocycles. The Morgan fingerprint density at radius 2 is 2.11 bits per heavy atom. The van der Waals surface area contributed by atoms with Gasteiger partial charge in [-0.25, -0.2) is 0 Å². The summed E-state index contributed by atoms with van der Waals surface area (Å²) in [4.78, 5) is 14.2. The van der Waals surface area contributed by atoms with Crippen LogP contribution in [0.5, 0.6) is 0 Å². The van der Waals surface area contributed by atoms with Crippen LogP contribution < -0.4 is 5.32 Å². The lowest BCUT2D eigenvalue weighted by Gasteiger charge is -2.25. The van der Waals surface area contributed by atoms with Crippen molar-refractivity contribution >= 4 is 17.2 Å². The van der Waals surface area contributed by atoms with Crippen LogP contribution in [-0.2, 0) is 6.42 Å². The molecule has 19 heavy (non-hydrogen) atoms. The fraction of sp³-hybridized carbons (Fsp3) is 0.667. The summed E-state index contributed by atoms with van der Waals surface area (Å²) >= 11 is 1.58. The molecule has 1 amide bonds. The number of carbonyl (C=O) groups is 1. The summed E-state index contributed by atoms with van der Waals surface area (Å²) < 4.78 is 0. The van der Waals surface area contributed by atoms with Crippen molar-refractivity contribution in [3.63, 3.8) is 0 Å². The number of aryl methyl sites for hydroxylation is 2. The Kier molecular flexibility index (Phi) is 4.99. The molecule has 1 aliphatic rings. The molecule has 1 heterocycles. The van der Waals surface area contributed by atoms with Gasteiger partial charge in [0.05, 0.1) is 11.0 Å². The molecule has 0 bridgehead atoms. The third-order valence-corrected chi connectivity index (χ3v) is 5.08. The fourth-order valence-corrected chi connectivity index (χ4v) is 3.69. The van der Waals surface area contributed by atoms with Gasteiger partial charge in [0.1, 0.15) is 0 Å². The molecule has 0 spiro atoms. The number of aliphatic hydroxyl groups excluding tert-OH is 1. The molecule has 0 aliphatic heterocycles. The number of hydrogen-bond acceptors (Lipinski definition) is 3. The van der Waals surface area contributed by atoms with Gasteiger partial charge in [-0.15, -0.1) is 11.3 Å². The SMILES string of the molecule is CCc1cc(C(=O)NCC2CCC(O)CC2)sc1C. The van der Waals surface area contributed by atoms with Gasteiger partial charge in [0, 0.05) is 11.4 Å². The average Bonchev–Trinajstić information content (AvgIpc) is 2.79. The summed E-state index contributed by atoms with van der Waals surface area (Å²) in [5.41, 5.74) is 1.27. The third kappa shape index (κ3) is 3.80. The van der Waals surface area contributed by atoms with Gasteiger partial charge in [0.15, 0.2) is 0 Å². The summed E-state index contributed by atoms with van der Waals surface area (Å²) in [6.07, 6.45) is 4.64. The number of aliphatic hydroxyl groups is 1. The number of carbonyl (C=O) groups excluding carboxylic acids is 1. The molecule has 3 nitrogen and oxygen atoms in total. The quantitative estimate of drug-likeness (QED) is 0.891. The Morgan fingerprint density at radius 3 is 2.68 bits per heavy atom. The molecule has 0 aromatic carbocycles. The lowest BCUT2D eigenvalue weighted by atomic mass is 9.87. The van der Waals surface area contributed by atoms with E-state index in [1.807, 2.05) is 6.07 Å². The van der Waals surface area contributed by atoms with Crippen molar-refractivity contribution in [2.45, 2.75) is 52.1 Å². The average molecular weight is 281 g/mol. The number of thiophene rings is 1. The molecule has 106 valence electrons. The first kappa shape index (κ1) is 14.5. The van der Waals surface area contributed by atoms with Gasteiger partial charge in [-0.1, -0.05) is 6.92 Å². The van der Waals surface area contributed by atoms with E-state index in [-0.39, 0.29) is 12.0 Å². The molecule has 1 saturated carbocycles. The number of rotatable bonds is 4. The first-order chi connectivity index (χ1) is 9.10. The van der Waals surface area contributed by atoms with Crippen LogP contribution in [0.25, 0.3) is 0 Å². The zero-order valence-electron chi connectivity index (χ0n) is 11.7. The minimum Gasteiger partial charge on any atom is -0.393 e. The van der Waals surface area contributed by atoms with Gasteiger partial charge >= 0.3 is 0 Å². The van der Waals surface area contributed by atoms with Gasteiger partial charge in [-0.05, 0) is 56.6 Å². The largest absolute Gasteiger partial charge is 0.393 e. The molecule has 2 N–H and O–H groups in total. The zero-order valence-corrected chi connectivity index (χ0v) is 12.6. The van der Waals surface area contributed by atoms with Crippen LogP contribution in [0.3, 0.4) is 0 Å². The molecule has 1 aliphatic carbocycles. The molecule has 0 atom stereocenters. The van der Waals surface area contributed by atoms with Gasteiger partial charge in [-0.2, -0.15) is 0 Å². The second-order valence-electron chi connectivity index (χ2n) is 5.43. The van der Waals surface area contributed by atoms with Crippen LogP contribution in [-0.4, -0.2) is 23.7 Å². The number of hydrogen-bond donors (Lipinski definition) is 2. The maximum absolute atomic E-state index is 12.1. The summed E-state index contributed by atoms with van der Waals surface area (Å²) in [7, 11) is 0. The Balaban J connectivity index is 1.83. The smallest absolute Gasteiger partial charge is 0.261 e. The van der Waals surface area contributed by atoms with E-state index in [0.29, 0.717) is 5.92 Å². The van der Waals surface area contributed by atoms with Crippen LogP contribution in [0.2, 0.25) is 0 Å². The molecular weight excluding hydrogens is 258 g/mol. The minimum absolute atomic E-state index is 0.0546. The van der Waals surface area contributed by atoms with Crippen molar-refractivity contribution in [2.75, 3.05) is 6.54 Å². The summed E-state index contributed by atoms with van der Waals surface area (Å²) in [5.74, 6) is 0.581. The topological polar surface area (TPSA) is 49.3 Å². The van der Waals surface area contributed by atoms with E-state index < -0.39 is 0 Å². The highest BCUT2D eigenvalue weighted by atomic mass is 32.1. The first-order valence-electron chi connectivity index (χ1n) is 7.15. The minimum atomic E-state index is -0.126. The summed E-state index contributed by atoms with van der Waals surface area (Å²) in [6, 6.07) is 2.01. The summed E-state index contributed by atoms with van der Waals surface area (Å²) in [5, 5.41) is 12.5. The van der Waals surface area contributed by atoms with Crippen molar-refractivity contribution in [3.8, 4) is 0 Å². The molecule has 0 unspecified atom stereocenters. The van der Waals surface area contributed by atoms with Crippen molar-refractivity contribution in [1.29, 1.82) is 0 Å². The molecule has 4 heteroatoms. The molecule has 0 radical (unpaired) electrons. The highest BCUT2D eigenvalue weighted by molar-refractivity contribution is 7.14. The molecular formula is C15H23NO2S. The first-order valence-corrected chi connectivity index (χ1v) is 7.97. The van der Waals surface area contributed by atoms with Crippen LogP contribution in [0.4, 0.5) is 0 Å². The van der Waals surface area contributed by atoms with Gasteiger partial charge in [-0.3, -0.25) is 4.79 Å². The van der Waals surface area contributed by atoms with Crippen LogP contribution in [0, 0.1) is 12.8 Å². The Labute approximate surface area is 119 Å². The molecule has 2 rings (SSSR count). The van der Waals surface area contributed by atoms with Crippen molar-refractivity contribution in [2.24, 2.45) is 5.92 Å². The molecule has 1 fully saturated rings. The van der Waals surface area contributed by atoms with Crippen molar-refractivity contribution in [1.82, 2.24) is 5.32 Å². The number of nitrogens with one attached hydrogen (secondary N) is 1. The lowest BCUT2D eigenvalue weighted by molar-refractivity contribution is 0.0913. The van der Waals surface area contributed by atoms with Gasteiger partial charge < -0.3 is 10.4 Å². The Hall–Kier alpha value is -0.870. The molecule has 1 aromatic rings. The second-order valence-corrected chi connectivity index (χ2v) is 6.69. The summed E-state index contributed by atoms with van der Waals surface area (Å²) in [6.45, 7) is 4.93. The van der Waals surface area contributed by atoms with E-state index in [1.165, 1.54) is 10.4 Å². The van der Waals surface area contributed by atoms with E-state index in [4.69, 9.17) is 0 Å². The second kappa shape index (κ2) is 6.53. The van der Waals surface area contributed by atoms with E-state index in [1.54, 1.807) is 11.3 Å². The maximum atomic E-state index is 12.1. The Morgan fingerprint density at radius 1 is 1.42 bits per heavy atom. The van der Waals surface area contributed by atoms with Gasteiger partial charge in [0.2, 0.25) is 0 Å². The van der Waals surface area contributed by atoms with E-state index in [2.05, 4.69) is 19.2 Å². The van der Waals surface area contributed by atoms with Crippen LogP contribution in [0.1, 0.15) is 52.7 Å². The van der Waals surface area contributed by atoms with Crippen LogP contribution in [0.15, 0.2) is 6.07 Å². The monoisotopic (exact) mass is 281 g/mol. The van der Waals surface area contributed by atoms with E-state index >= 15 is 0 Å². The van der Waals surface area contributed by atoms with Crippen molar-refractivity contribution < 1.29 is 9.90 Å². The standard InChI is InChI=1S/C15H23NO2S/c1-3-12-8-14(19-10(12)2)15(18)16-9-11-4-6-13(17)7-5-11/h8,11,13,17H,3-7,9H2,1-2H3,(H,16,18). The van der Waals surface area contributed by atoms with Crippen molar-refractivity contribution in [3.05, 3.63) is 21.4 Å². The van der Waals surface area contributed by atoms with E-state index in [0.717, 1.165) is 43.5 Å². The van der Waals surface area contributed by atoms with Gasteiger partial charge in [0.25, 0.3) is 5.91 Å². The number of amides is 1. The lowest BCUT2D eigenvalue weighted by Crippen LogP contribution is -2.31. The Bertz CT molecular complexity index is 433. The molecule has 1 aromatic heterocycles. The predicted octanol–water partition coefficient (Wildman–Crippen LogP) is 2.90. The maximum Gasteiger partial charge on any atom is 0.261 e. The fourth-order valence-electron chi connectivity index (χ4n) is 2.66. The zero-order chi connectivity index (χ0) is 13.8. The van der Waals surface area contributed by atoms with E-state index in [9.17, 15) is 9.90 Å². The normalized spacial score (nSPS) is 23.3. The van der Waals surface area contributed by atoms with Crippen LogP contribution >= 0.6 is 11.3 Å².